The Morgan fingerprint density at radius 2 is 2.26 bits per heavy atom. The number of rotatable bonds is 5. The third-order valence-corrected chi connectivity index (χ3v) is 4.95. The number of aliphatic hydroxyl groups is 1. The van der Waals surface area contributed by atoms with Crippen molar-refractivity contribution in [3.05, 3.63) is 47.3 Å². The maximum atomic E-state index is 12.4. The molecule has 8 heteroatoms. The van der Waals surface area contributed by atoms with Crippen LogP contribution < -0.4 is 16.2 Å². The van der Waals surface area contributed by atoms with E-state index in [1.54, 1.807) is 24.8 Å². The summed E-state index contributed by atoms with van der Waals surface area (Å²) in [6, 6.07) is 3.65. The van der Waals surface area contributed by atoms with Crippen molar-refractivity contribution in [2.24, 2.45) is 5.92 Å². The molecule has 0 radical (unpaired) electrons. The summed E-state index contributed by atoms with van der Waals surface area (Å²) in [6.45, 7) is 2.53. The molecule has 1 fully saturated rings. The lowest BCUT2D eigenvalue weighted by atomic mass is 10.0. The molecular formula is C19H22N6O2. The lowest BCUT2D eigenvalue weighted by molar-refractivity contribution is 0.0641. The highest BCUT2D eigenvalue weighted by atomic mass is 16.3. The molecule has 0 aliphatic heterocycles. The first-order valence-electron chi connectivity index (χ1n) is 9.02. The van der Waals surface area contributed by atoms with E-state index in [4.69, 9.17) is 0 Å². The number of nitrogens with zero attached hydrogens (tertiary/aromatic N) is 3. The summed E-state index contributed by atoms with van der Waals surface area (Å²) in [5.41, 5.74) is -0.790. The molecule has 0 spiro atoms. The molecule has 0 amide bonds. The minimum atomic E-state index is -0.602. The number of pyridine rings is 2. The van der Waals surface area contributed by atoms with Gasteiger partial charge >= 0.3 is 0 Å². The van der Waals surface area contributed by atoms with Crippen LogP contribution in [0, 0.1) is 5.92 Å². The van der Waals surface area contributed by atoms with Crippen LogP contribution in [0.3, 0.4) is 0 Å². The van der Waals surface area contributed by atoms with Crippen molar-refractivity contribution in [1.29, 1.82) is 0 Å². The largest absolute Gasteiger partial charge is 0.390 e. The number of fused-ring (bicyclic) bond motifs is 1. The highest BCUT2D eigenvalue weighted by Gasteiger charge is 2.32. The summed E-state index contributed by atoms with van der Waals surface area (Å²) >= 11 is 0. The lowest BCUT2D eigenvalue weighted by Crippen LogP contribution is -2.21. The van der Waals surface area contributed by atoms with Gasteiger partial charge < -0.3 is 20.7 Å². The van der Waals surface area contributed by atoms with Crippen LogP contribution in [-0.4, -0.2) is 37.2 Å². The third kappa shape index (κ3) is 3.90. The zero-order chi connectivity index (χ0) is 18.9. The first-order valence-corrected chi connectivity index (χ1v) is 9.02. The summed E-state index contributed by atoms with van der Waals surface area (Å²) < 4.78 is 0. The van der Waals surface area contributed by atoms with E-state index in [9.17, 15) is 9.90 Å². The topological polar surface area (TPSA) is 116 Å². The molecule has 3 heterocycles. The summed E-state index contributed by atoms with van der Waals surface area (Å²) in [7, 11) is 0. The second-order valence-electron chi connectivity index (χ2n) is 7.33. The highest BCUT2D eigenvalue weighted by Crippen LogP contribution is 2.34. The van der Waals surface area contributed by atoms with Crippen LogP contribution in [0.1, 0.15) is 26.2 Å². The standard InChI is InChI=1S/C19H22N6O2/c1-19(27)4-2-12(9-19)10-23-17-16-13(3-5-22-18(16)26)8-14(25-17)24-15-11-20-6-7-21-15/h3,5-8,11-12,27H,2,4,9-10H2,1H3,(H,22,26)(H2,21,23,24,25). The zero-order valence-electron chi connectivity index (χ0n) is 15.1. The Kier molecular flexibility index (Phi) is 4.49. The minimum absolute atomic E-state index is 0.188. The monoisotopic (exact) mass is 366 g/mol. The number of hydrogen-bond donors (Lipinski definition) is 4. The van der Waals surface area contributed by atoms with E-state index in [2.05, 4.69) is 30.6 Å². The third-order valence-electron chi connectivity index (χ3n) is 4.95. The number of anilines is 3. The van der Waals surface area contributed by atoms with E-state index < -0.39 is 5.60 Å². The van der Waals surface area contributed by atoms with Gasteiger partial charge in [0.05, 0.1) is 17.2 Å². The quantitative estimate of drug-likeness (QED) is 0.548. The van der Waals surface area contributed by atoms with Crippen LogP contribution in [0.5, 0.6) is 0 Å². The van der Waals surface area contributed by atoms with E-state index in [0.717, 1.165) is 24.6 Å². The van der Waals surface area contributed by atoms with Gasteiger partial charge in [-0.1, -0.05) is 0 Å². The van der Waals surface area contributed by atoms with Crippen LogP contribution in [0.25, 0.3) is 10.8 Å². The van der Waals surface area contributed by atoms with Crippen LogP contribution in [0.4, 0.5) is 17.5 Å². The predicted octanol–water partition coefficient (Wildman–Crippen LogP) is 2.42. The van der Waals surface area contributed by atoms with Gasteiger partial charge in [-0.2, -0.15) is 0 Å². The summed E-state index contributed by atoms with van der Waals surface area (Å²) in [5, 5.41) is 17.9. The molecule has 8 nitrogen and oxygen atoms in total. The minimum Gasteiger partial charge on any atom is -0.390 e. The fourth-order valence-electron chi connectivity index (χ4n) is 3.66. The van der Waals surface area contributed by atoms with Crippen molar-refractivity contribution in [3.8, 4) is 0 Å². The molecule has 3 aromatic heterocycles. The van der Waals surface area contributed by atoms with E-state index in [0.29, 0.717) is 35.3 Å². The Morgan fingerprint density at radius 1 is 1.37 bits per heavy atom. The first kappa shape index (κ1) is 17.4. The van der Waals surface area contributed by atoms with Crippen molar-refractivity contribution in [1.82, 2.24) is 19.9 Å². The Morgan fingerprint density at radius 3 is 3.00 bits per heavy atom. The molecule has 140 valence electrons. The molecule has 0 aromatic carbocycles. The number of nitrogens with one attached hydrogen (secondary N) is 3. The molecule has 1 aliphatic rings. The molecule has 27 heavy (non-hydrogen) atoms. The van der Waals surface area contributed by atoms with Gasteiger partial charge in [-0.25, -0.2) is 9.97 Å². The van der Waals surface area contributed by atoms with Crippen molar-refractivity contribution in [2.45, 2.75) is 31.8 Å². The lowest BCUT2D eigenvalue weighted by Gasteiger charge is -2.17. The molecule has 0 bridgehead atoms. The Balaban J connectivity index is 1.64. The normalized spacial score (nSPS) is 22.1. The first-order chi connectivity index (χ1) is 13.0. The second-order valence-corrected chi connectivity index (χ2v) is 7.33. The van der Waals surface area contributed by atoms with Crippen molar-refractivity contribution >= 4 is 28.2 Å². The van der Waals surface area contributed by atoms with E-state index in [1.807, 2.05) is 19.1 Å². The van der Waals surface area contributed by atoms with Crippen LogP contribution >= 0.6 is 0 Å². The number of hydrogen-bond acceptors (Lipinski definition) is 7. The number of aromatic amines is 1. The molecule has 1 aliphatic carbocycles. The fourth-order valence-corrected chi connectivity index (χ4v) is 3.66. The Hall–Kier alpha value is -3.00. The number of H-pyrrole nitrogens is 1. The Bertz CT molecular complexity index is 1000. The fraction of sp³-hybridized carbons (Fsp3) is 0.368. The van der Waals surface area contributed by atoms with Crippen molar-refractivity contribution in [3.63, 3.8) is 0 Å². The molecular weight excluding hydrogens is 344 g/mol. The van der Waals surface area contributed by atoms with Crippen LogP contribution in [0.15, 0.2) is 41.7 Å². The predicted molar refractivity (Wildman–Crippen MR) is 104 cm³/mol. The maximum Gasteiger partial charge on any atom is 0.259 e. The van der Waals surface area contributed by atoms with Gasteiger partial charge in [-0.05, 0) is 49.6 Å². The van der Waals surface area contributed by atoms with Gasteiger partial charge in [0, 0.05) is 25.1 Å². The average molecular weight is 366 g/mol. The van der Waals surface area contributed by atoms with Crippen LogP contribution in [0.2, 0.25) is 0 Å². The van der Waals surface area contributed by atoms with Crippen molar-refractivity contribution in [2.75, 3.05) is 17.2 Å². The smallest absolute Gasteiger partial charge is 0.259 e. The van der Waals surface area contributed by atoms with Crippen molar-refractivity contribution < 1.29 is 5.11 Å². The Labute approximate surface area is 156 Å². The van der Waals surface area contributed by atoms with Gasteiger partial charge in [0.15, 0.2) is 0 Å². The summed E-state index contributed by atoms with van der Waals surface area (Å²) in [5.74, 6) is 2.02. The molecule has 1 saturated carbocycles. The molecule has 2 atom stereocenters. The summed E-state index contributed by atoms with van der Waals surface area (Å²) in [6.07, 6.45) is 8.91. The van der Waals surface area contributed by atoms with E-state index in [1.165, 1.54) is 0 Å². The highest BCUT2D eigenvalue weighted by molar-refractivity contribution is 5.93. The van der Waals surface area contributed by atoms with Gasteiger partial charge in [-0.3, -0.25) is 9.78 Å². The average Bonchev–Trinajstić information content (AvgIpc) is 2.99. The SMILES string of the molecule is CC1(O)CCC(CNc2nc(Nc3cnccn3)cc3cc[nH]c(=O)c23)C1. The second kappa shape index (κ2) is 6.96. The molecule has 4 N–H and O–H groups in total. The maximum absolute atomic E-state index is 12.4. The zero-order valence-corrected chi connectivity index (χ0v) is 15.1. The van der Waals surface area contributed by atoms with Gasteiger partial charge in [-0.15, -0.1) is 0 Å². The summed E-state index contributed by atoms with van der Waals surface area (Å²) in [4.78, 5) is 27.9. The molecule has 4 rings (SSSR count). The van der Waals surface area contributed by atoms with Gasteiger partial charge in [0.25, 0.3) is 5.56 Å². The molecule has 0 saturated heterocycles. The van der Waals surface area contributed by atoms with Gasteiger partial charge in [0.2, 0.25) is 0 Å². The number of aromatic nitrogens is 4. The van der Waals surface area contributed by atoms with Gasteiger partial charge in [0.1, 0.15) is 17.5 Å². The molecule has 2 unspecified atom stereocenters. The van der Waals surface area contributed by atoms with Crippen LogP contribution in [-0.2, 0) is 0 Å². The van der Waals surface area contributed by atoms with E-state index >= 15 is 0 Å². The van der Waals surface area contributed by atoms with E-state index in [-0.39, 0.29) is 5.56 Å². The molecule has 3 aromatic rings.